The fourth-order valence-electron chi connectivity index (χ4n) is 0.881. The number of halogens is 1. The molecule has 0 bridgehead atoms. The first-order valence-electron chi connectivity index (χ1n) is 3.92. The van der Waals surface area contributed by atoms with Crippen molar-refractivity contribution in [1.29, 1.82) is 5.26 Å². The lowest BCUT2D eigenvalue weighted by molar-refractivity contribution is 0.0519. The van der Waals surface area contributed by atoms with Gasteiger partial charge in [-0.25, -0.2) is 9.78 Å². The number of carbonyl (C=O) groups excluding carboxylic acids is 1. The maximum Gasteiger partial charge on any atom is 0.358 e. The van der Waals surface area contributed by atoms with E-state index in [9.17, 15) is 4.79 Å². The second kappa shape index (κ2) is 4.72. The Kier molecular flexibility index (Phi) is 3.60. The van der Waals surface area contributed by atoms with E-state index in [1.165, 1.54) is 6.07 Å². The normalized spacial score (nSPS) is 9.21. The van der Waals surface area contributed by atoms with Crippen LogP contribution in [0.2, 0.25) is 0 Å². The molecule has 0 unspecified atom stereocenters. The lowest BCUT2D eigenvalue weighted by atomic mass is 10.2. The van der Waals surface area contributed by atoms with E-state index in [1.54, 1.807) is 13.0 Å². The van der Waals surface area contributed by atoms with Gasteiger partial charge in [0.2, 0.25) is 0 Å². The maximum atomic E-state index is 11.3. The van der Waals surface area contributed by atoms with Crippen LogP contribution >= 0.6 is 15.9 Å². The molecule has 0 aromatic carbocycles. The van der Waals surface area contributed by atoms with Gasteiger partial charge < -0.3 is 4.74 Å². The topological polar surface area (TPSA) is 63.0 Å². The maximum absolute atomic E-state index is 11.3. The second-order valence-electron chi connectivity index (χ2n) is 2.36. The summed E-state index contributed by atoms with van der Waals surface area (Å²) in [6, 6.07) is 4.99. The predicted octanol–water partition coefficient (Wildman–Crippen LogP) is 1.89. The third kappa shape index (κ3) is 2.30. The lowest BCUT2D eigenvalue weighted by Crippen LogP contribution is -2.09. The molecule has 1 rings (SSSR count). The van der Waals surface area contributed by atoms with Crippen molar-refractivity contribution in [2.24, 2.45) is 0 Å². The van der Waals surface area contributed by atoms with Crippen molar-refractivity contribution in [3.63, 3.8) is 0 Å². The van der Waals surface area contributed by atoms with Crippen LogP contribution in [0.3, 0.4) is 0 Å². The van der Waals surface area contributed by atoms with E-state index in [0.29, 0.717) is 4.60 Å². The number of hydrogen-bond donors (Lipinski definition) is 0. The molecule has 4 nitrogen and oxygen atoms in total. The van der Waals surface area contributed by atoms with E-state index in [2.05, 4.69) is 20.9 Å². The molecular formula is C9H7BrN2O2. The average Bonchev–Trinajstić information content (AvgIpc) is 2.18. The first-order valence-corrected chi connectivity index (χ1v) is 4.72. The summed E-state index contributed by atoms with van der Waals surface area (Å²) in [6.07, 6.45) is 0. The summed E-state index contributed by atoms with van der Waals surface area (Å²) in [7, 11) is 0. The van der Waals surface area contributed by atoms with Gasteiger partial charge in [-0.1, -0.05) is 0 Å². The summed E-state index contributed by atoms with van der Waals surface area (Å²) < 4.78 is 5.25. The van der Waals surface area contributed by atoms with Crippen molar-refractivity contribution in [3.05, 3.63) is 28.0 Å². The summed E-state index contributed by atoms with van der Waals surface area (Å²) in [5.74, 6) is -0.578. The Morgan fingerprint density at radius 2 is 2.43 bits per heavy atom. The number of carbonyl (C=O) groups is 1. The van der Waals surface area contributed by atoms with E-state index >= 15 is 0 Å². The molecule has 5 heteroatoms. The highest BCUT2D eigenvalue weighted by molar-refractivity contribution is 9.10. The van der Waals surface area contributed by atoms with E-state index < -0.39 is 5.97 Å². The fraction of sp³-hybridized carbons (Fsp3) is 0.222. The van der Waals surface area contributed by atoms with Crippen molar-refractivity contribution in [3.8, 4) is 6.07 Å². The number of aromatic nitrogens is 1. The minimum Gasteiger partial charge on any atom is -0.461 e. The molecule has 0 spiro atoms. The molecular weight excluding hydrogens is 248 g/mol. The Labute approximate surface area is 89.6 Å². The highest BCUT2D eigenvalue weighted by Gasteiger charge is 2.14. The predicted molar refractivity (Wildman–Crippen MR) is 52.6 cm³/mol. The number of pyridine rings is 1. The third-order valence-electron chi connectivity index (χ3n) is 1.45. The van der Waals surface area contributed by atoms with Crippen LogP contribution in [0.4, 0.5) is 0 Å². The van der Waals surface area contributed by atoms with Gasteiger partial charge in [-0.15, -0.1) is 0 Å². The van der Waals surface area contributed by atoms with Crippen LogP contribution in [-0.2, 0) is 4.74 Å². The second-order valence-corrected chi connectivity index (χ2v) is 3.17. The number of esters is 1. The molecule has 0 radical (unpaired) electrons. The van der Waals surface area contributed by atoms with Crippen molar-refractivity contribution in [2.75, 3.05) is 6.61 Å². The van der Waals surface area contributed by atoms with Gasteiger partial charge >= 0.3 is 5.97 Å². The zero-order valence-electron chi connectivity index (χ0n) is 7.45. The van der Waals surface area contributed by atoms with Crippen LogP contribution in [0, 0.1) is 11.3 Å². The molecule has 1 aromatic heterocycles. The molecule has 0 fully saturated rings. The first kappa shape index (κ1) is 10.7. The minimum absolute atomic E-state index is 0.0451. The Morgan fingerprint density at radius 3 is 3.00 bits per heavy atom. The van der Waals surface area contributed by atoms with Gasteiger partial charge in [0.25, 0.3) is 0 Å². The van der Waals surface area contributed by atoms with Gasteiger partial charge in [0.1, 0.15) is 10.7 Å². The van der Waals surface area contributed by atoms with Gasteiger partial charge in [0.05, 0.1) is 12.2 Å². The molecule has 0 amide bonds. The molecule has 0 aliphatic rings. The molecule has 0 aliphatic heterocycles. The van der Waals surface area contributed by atoms with Crippen LogP contribution in [0.5, 0.6) is 0 Å². The monoisotopic (exact) mass is 254 g/mol. The van der Waals surface area contributed by atoms with Gasteiger partial charge in [0.15, 0.2) is 5.69 Å². The summed E-state index contributed by atoms with van der Waals surface area (Å²) in [5, 5.41) is 8.71. The largest absolute Gasteiger partial charge is 0.461 e. The van der Waals surface area contributed by atoms with Gasteiger partial charge in [-0.3, -0.25) is 0 Å². The average molecular weight is 255 g/mol. The standard InChI is InChI=1S/C9H7BrN2O2/c1-2-14-9(13)8-6(5-11)3-4-7(10)12-8/h3-4H,2H2,1H3. The number of hydrogen-bond acceptors (Lipinski definition) is 4. The van der Waals surface area contributed by atoms with Crippen molar-refractivity contribution in [2.45, 2.75) is 6.92 Å². The van der Waals surface area contributed by atoms with Gasteiger partial charge in [0, 0.05) is 0 Å². The third-order valence-corrected chi connectivity index (χ3v) is 1.89. The summed E-state index contributed by atoms with van der Waals surface area (Å²) >= 11 is 3.12. The zero-order chi connectivity index (χ0) is 10.6. The van der Waals surface area contributed by atoms with Crippen molar-refractivity contribution < 1.29 is 9.53 Å². The van der Waals surface area contributed by atoms with Crippen LogP contribution in [0.1, 0.15) is 23.0 Å². The quantitative estimate of drug-likeness (QED) is 0.598. The van der Waals surface area contributed by atoms with Crippen molar-refractivity contribution in [1.82, 2.24) is 4.98 Å². The van der Waals surface area contributed by atoms with E-state index in [-0.39, 0.29) is 17.9 Å². The van der Waals surface area contributed by atoms with E-state index in [0.717, 1.165) is 0 Å². The molecule has 0 saturated heterocycles. The minimum atomic E-state index is -0.578. The molecule has 1 aromatic rings. The summed E-state index contributed by atoms with van der Waals surface area (Å²) in [4.78, 5) is 15.2. The molecule has 0 aliphatic carbocycles. The molecule has 14 heavy (non-hydrogen) atoms. The number of nitriles is 1. The highest BCUT2D eigenvalue weighted by Crippen LogP contribution is 2.12. The van der Waals surface area contributed by atoms with Gasteiger partial charge in [-0.2, -0.15) is 5.26 Å². The number of nitrogens with zero attached hydrogens (tertiary/aromatic N) is 2. The summed E-state index contributed by atoms with van der Waals surface area (Å²) in [6.45, 7) is 1.96. The molecule has 0 N–H and O–H groups in total. The van der Waals surface area contributed by atoms with Crippen LogP contribution in [0.15, 0.2) is 16.7 Å². The van der Waals surface area contributed by atoms with E-state index in [4.69, 9.17) is 10.00 Å². The molecule has 1 heterocycles. The Morgan fingerprint density at radius 1 is 1.71 bits per heavy atom. The number of rotatable bonds is 2. The number of ether oxygens (including phenoxy) is 1. The molecule has 0 atom stereocenters. The molecule has 0 saturated carbocycles. The van der Waals surface area contributed by atoms with E-state index in [1.807, 2.05) is 6.07 Å². The van der Waals surface area contributed by atoms with Crippen molar-refractivity contribution >= 4 is 21.9 Å². The fourth-order valence-corrected chi connectivity index (χ4v) is 1.19. The van der Waals surface area contributed by atoms with Crippen LogP contribution in [-0.4, -0.2) is 17.6 Å². The Hall–Kier alpha value is -1.41. The van der Waals surface area contributed by atoms with Gasteiger partial charge in [-0.05, 0) is 35.0 Å². The van der Waals surface area contributed by atoms with Crippen LogP contribution < -0.4 is 0 Å². The SMILES string of the molecule is CCOC(=O)c1nc(Br)ccc1C#N. The van der Waals surface area contributed by atoms with Crippen LogP contribution in [0.25, 0.3) is 0 Å². The smallest absolute Gasteiger partial charge is 0.358 e. The first-order chi connectivity index (χ1) is 6.69. The Bertz CT molecular complexity index is 398. The summed E-state index contributed by atoms with van der Waals surface area (Å²) in [5.41, 5.74) is 0.260. The Balaban J connectivity index is 3.12. The zero-order valence-corrected chi connectivity index (χ0v) is 9.04. The lowest BCUT2D eigenvalue weighted by Gasteiger charge is -2.02. The highest BCUT2D eigenvalue weighted by atomic mass is 79.9. The molecule has 72 valence electrons.